The minimum absolute atomic E-state index is 0.408. The van der Waals surface area contributed by atoms with Crippen LogP contribution in [0.15, 0.2) is 6.08 Å². The van der Waals surface area contributed by atoms with Crippen LogP contribution >= 0.6 is 0 Å². The van der Waals surface area contributed by atoms with Gasteiger partial charge in [0.15, 0.2) is 0 Å². The quantitative estimate of drug-likeness (QED) is 0.681. The van der Waals surface area contributed by atoms with Crippen molar-refractivity contribution in [2.75, 3.05) is 0 Å². The first-order chi connectivity index (χ1) is 7.39. The maximum absolute atomic E-state index is 12.5. The Morgan fingerprint density at radius 3 is 2.50 bits per heavy atom. The first-order valence-electron chi connectivity index (χ1n) is 5.01. The molecule has 0 aliphatic heterocycles. The fraction of sp³-hybridized carbons (Fsp3) is 0.455. The molecule has 16 heavy (non-hydrogen) atoms. The molecule has 0 bridgehead atoms. The van der Waals surface area contributed by atoms with Gasteiger partial charge in [0.05, 0.1) is 5.69 Å². The standard InChI is InChI=1S/C11H11F3N2/c1-6-4-3-5-8-9(6)7(2)15-10(16-8)11(12,13)14/h4H,3,5H2,1-2H3. The Morgan fingerprint density at radius 2 is 1.88 bits per heavy atom. The lowest BCUT2D eigenvalue weighted by Gasteiger charge is -2.17. The van der Waals surface area contributed by atoms with E-state index in [4.69, 9.17) is 0 Å². The number of aryl methyl sites for hydroxylation is 2. The molecule has 86 valence electrons. The molecule has 5 heteroatoms. The molecule has 1 heterocycles. The van der Waals surface area contributed by atoms with Crippen molar-refractivity contribution in [2.45, 2.75) is 32.9 Å². The van der Waals surface area contributed by atoms with Crippen LogP contribution in [0, 0.1) is 6.92 Å². The minimum Gasteiger partial charge on any atom is -0.229 e. The molecule has 0 saturated carbocycles. The normalized spacial score (nSPS) is 15.7. The molecule has 0 unspecified atom stereocenters. The van der Waals surface area contributed by atoms with Crippen molar-refractivity contribution in [3.05, 3.63) is 28.9 Å². The van der Waals surface area contributed by atoms with Gasteiger partial charge in [-0.25, -0.2) is 9.97 Å². The van der Waals surface area contributed by atoms with Gasteiger partial charge in [-0.1, -0.05) is 6.08 Å². The van der Waals surface area contributed by atoms with E-state index in [2.05, 4.69) is 9.97 Å². The second-order valence-electron chi connectivity index (χ2n) is 3.88. The summed E-state index contributed by atoms with van der Waals surface area (Å²) in [6, 6.07) is 0. The summed E-state index contributed by atoms with van der Waals surface area (Å²) in [5.41, 5.74) is 2.66. The summed E-state index contributed by atoms with van der Waals surface area (Å²) in [4.78, 5) is 7.15. The van der Waals surface area contributed by atoms with Gasteiger partial charge < -0.3 is 0 Å². The number of aromatic nitrogens is 2. The molecular formula is C11H11F3N2. The third kappa shape index (κ3) is 1.81. The molecule has 0 aromatic carbocycles. The molecule has 2 nitrogen and oxygen atoms in total. The lowest BCUT2D eigenvalue weighted by Crippen LogP contribution is -2.16. The molecular weight excluding hydrogens is 217 g/mol. The first-order valence-corrected chi connectivity index (χ1v) is 5.01. The largest absolute Gasteiger partial charge is 0.451 e. The zero-order valence-corrected chi connectivity index (χ0v) is 9.02. The number of halogens is 3. The first kappa shape index (κ1) is 11.1. The predicted octanol–water partition coefficient (Wildman–Crippen LogP) is 3.15. The van der Waals surface area contributed by atoms with Crippen LogP contribution in [0.25, 0.3) is 5.57 Å². The van der Waals surface area contributed by atoms with Crippen LogP contribution < -0.4 is 0 Å². The van der Waals surface area contributed by atoms with E-state index < -0.39 is 12.0 Å². The second-order valence-corrected chi connectivity index (χ2v) is 3.88. The van der Waals surface area contributed by atoms with Gasteiger partial charge in [0.25, 0.3) is 0 Å². The number of nitrogens with zero attached hydrogens (tertiary/aromatic N) is 2. The number of hydrogen-bond donors (Lipinski definition) is 0. The molecule has 0 saturated heterocycles. The second kappa shape index (κ2) is 3.57. The number of rotatable bonds is 0. The maximum atomic E-state index is 12.5. The molecule has 1 aromatic rings. The van der Waals surface area contributed by atoms with Crippen molar-refractivity contribution in [3.63, 3.8) is 0 Å². The Morgan fingerprint density at radius 1 is 1.19 bits per heavy atom. The highest BCUT2D eigenvalue weighted by molar-refractivity contribution is 5.68. The Hall–Kier alpha value is -1.39. The van der Waals surface area contributed by atoms with Gasteiger partial charge in [-0.15, -0.1) is 0 Å². The van der Waals surface area contributed by atoms with Gasteiger partial charge >= 0.3 is 6.18 Å². The number of hydrogen-bond acceptors (Lipinski definition) is 2. The highest BCUT2D eigenvalue weighted by Gasteiger charge is 2.36. The number of fused-ring (bicyclic) bond motifs is 1. The summed E-state index contributed by atoms with van der Waals surface area (Å²) in [6.07, 6.45) is -1.16. The summed E-state index contributed by atoms with van der Waals surface area (Å²) in [5, 5.41) is 0. The van der Waals surface area contributed by atoms with Crippen molar-refractivity contribution < 1.29 is 13.2 Å². The summed E-state index contributed by atoms with van der Waals surface area (Å²) in [5.74, 6) is -1.03. The average molecular weight is 228 g/mol. The van der Waals surface area contributed by atoms with Crippen LogP contribution in [-0.4, -0.2) is 9.97 Å². The molecule has 0 atom stereocenters. The van der Waals surface area contributed by atoms with Crippen LogP contribution in [0.1, 0.15) is 36.1 Å². The van der Waals surface area contributed by atoms with E-state index >= 15 is 0 Å². The molecule has 0 radical (unpaired) electrons. The summed E-state index contributed by atoms with van der Waals surface area (Å²) >= 11 is 0. The molecule has 1 aliphatic rings. The zero-order chi connectivity index (χ0) is 11.9. The lowest BCUT2D eigenvalue weighted by molar-refractivity contribution is -0.145. The van der Waals surface area contributed by atoms with E-state index in [0.29, 0.717) is 17.8 Å². The minimum atomic E-state index is -4.46. The van der Waals surface area contributed by atoms with Gasteiger partial charge in [0.1, 0.15) is 0 Å². The Bertz CT molecular complexity index is 461. The maximum Gasteiger partial charge on any atom is 0.451 e. The smallest absolute Gasteiger partial charge is 0.229 e. The van der Waals surface area contributed by atoms with E-state index in [1.165, 1.54) is 0 Å². The number of allylic oxidation sites excluding steroid dienone is 2. The third-order valence-corrected chi connectivity index (χ3v) is 2.64. The zero-order valence-electron chi connectivity index (χ0n) is 9.02. The molecule has 1 aliphatic carbocycles. The van der Waals surface area contributed by atoms with Crippen molar-refractivity contribution in [3.8, 4) is 0 Å². The van der Waals surface area contributed by atoms with E-state index in [9.17, 15) is 13.2 Å². The van der Waals surface area contributed by atoms with E-state index in [1.54, 1.807) is 6.92 Å². The van der Waals surface area contributed by atoms with Crippen LogP contribution in [0.2, 0.25) is 0 Å². The van der Waals surface area contributed by atoms with E-state index in [1.807, 2.05) is 13.0 Å². The van der Waals surface area contributed by atoms with Crippen LogP contribution in [-0.2, 0) is 12.6 Å². The Labute approximate surface area is 91.2 Å². The van der Waals surface area contributed by atoms with Gasteiger partial charge in [-0.05, 0) is 32.3 Å². The van der Waals surface area contributed by atoms with Crippen molar-refractivity contribution in [1.29, 1.82) is 0 Å². The highest BCUT2D eigenvalue weighted by Crippen LogP contribution is 2.31. The van der Waals surface area contributed by atoms with Crippen molar-refractivity contribution >= 4 is 5.57 Å². The third-order valence-electron chi connectivity index (χ3n) is 2.64. The lowest BCUT2D eigenvalue weighted by atomic mass is 9.95. The molecule has 2 rings (SSSR count). The fourth-order valence-corrected chi connectivity index (χ4v) is 1.98. The predicted molar refractivity (Wildman–Crippen MR) is 53.7 cm³/mol. The topological polar surface area (TPSA) is 25.8 Å². The molecule has 1 aromatic heterocycles. The SMILES string of the molecule is CC1=CCCc2nc(C(F)(F)F)nc(C)c21. The Balaban J connectivity index is 2.60. The van der Waals surface area contributed by atoms with Crippen LogP contribution in [0.5, 0.6) is 0 Å². The van der Waals surface area contributed by atoms with Gasteiger partial charge in [0.2, 0.25) is 5.82 Å². The molecule has 0 fully saturated rings. The Kier molecular flexibility index (Phi) is 2.48. The molecule has 0 spiro atoms. The van der Waals surface area contributed by atoms with Crippen molar-refractivity contribution in [1.82, 2.24) is 9.97 Å². The molecule has 0 N–H and O–H groups in total. The van der Waals surface area contributed by atoms with Gasteiger partial charge in [0, 0.05) is 11.3 Å². The van der Waals surface area contributed by atoms with Crippen LogP contribution in [0.3, 0.4) is 0 Å². The van der Waals surface area contributed by atoms with Crippen molar-refractivity contribution in [2.24, 2.45) is 0 Å². The van der Waals surface area contributed by atoms with Gasteiger partial charge in [-0.3, -0.25) is 0 Å². The van der Waals surface area contributed by atoms with Crippen LogP contribution in [0.4, 0.5) is 13.2 Å². The molecule has 0 amide bonds. The van der Waals surface area contributed by atoms with E-state index in [0.717, 1.165) is 17.6 Å². The van der Waals surface area contributed by atoms with E-state index in [-0.39, 0.29) is 0 Å². The fourth-order valence-electron chi connectivity index (χ4n) is 1.98. The highest BCUT2D eigenvalue weighted by atomic mass is 19.4. The summed E-state index contributed by atoms with van der Waals surface area (Å²) in [6.45, 7) is 3.47. The summed E-state index contributed by atoms with van der Waals surface area (Å²) in [7, 11) is 0. The van der Waals surface area contributed by atoms with Gasteiger partial charge in [-0.2, -0.15) is 13.2 Å². The monoisotopic (exact) mass is 228 g/mol. The summed E-state index contributed by atoms with van der Waals surface area (Å²) < 4.78 is 37.5. The number of alkyl halides is 3. The average Bonchev–Trinajstić information content (AvgIpc) is 2.15.